The predicted octanol–water partition coefficient (Wildman–Crippen LogP) is 5.17. The molecule has 0 aliphatic rings. The summed E-state index contributed by atoms with van der Waals surface area (Å²) in [5, 5.41) is 0. The number of esters is 1. The van der Waals surface area contributed by atoms with Gasteiger partial charge in [0, 0.05) is 0 Å². The van der Waals surface area contributed by atoms with E-state index in [2.05, 4.69) is 0 Å². The molecule has 0 aliphatic heterocycles. The number of hydrogen-bond acceptors (Lipinski definition) is 12. The van der Waals surface area contributed by atoms with Crippen molar-refractivity contribution in [3.05, 3.63) is 23.8 Å². The molecular formula is C28H43NO11. The molecular weight excluding hydrogens is 526 g/mol. The van der Waals surface area contributed by atoms with Crippen LogP contribution in [0.1, 0.15) is 66.9 Å². The van der Waals surface area contributed by atoms with Gasteiger partial charge in [0.05, 0.1) is 19.3 Å². The maximum absolute atomic E-state index is 12.5. The number of carbonyl (C=O) groups excluding carboxylic acids is 4. The lowest BCUT2D eigenvalue weighted by molar-refractivity contribution is -0.152. The normalized spacial score (nSPS) is 13.8. The standard InChI is InChI=1S/C28H43NO11/c1-8-18(5)14-34-27(32)39-23-11-10-21(13-24(23)40-28(33)35-15-19(6)9-2)12-22(29)25(30)38-20(7)16-36-26(31)37-17(3)4/h10-11,13,17-20,22H,8-9,12,14-16,29H2,1-7H3/t18?,19?,20-,22-/m0/s1. The zero-order valence-corrected chi connectivity index (χ0v) is 24.4. The van der Waals surface area contributed by atoms with Crippen molar-refractivity contribution < 1.29 is 52.3 Å². The van der Waals surface area contributed by atoms with Gasteiger partial charge in [-0.1, -0.05) is 46.6 Å². The van der Waals surface area contributed by atoms with Gasteiger partial charge in [0.25, 0.3) is 0 Å². The quantitative estimate of drug-likeness (QED) is 0.168. The largest absolute Gasteiger partial charge is 0.513 e. The summed E-state index contributed by atoms with van der Waals surface area (Å²) in [5.74, 6) is -0.655. The molecule has 12 nitrogen and oxygen atoms in total. The minimum atomic E-state index is -1.09. The van der Waals surface area contributed by atoms with E-state index in [1.165, 1.54) is 19.1 Å². The number of carbonyl (C=O) groups is 4. The zero-order chi connectivity index (χ0) is 30.2. The first kappa shape index (κ1) is 34.5. The van der Waals surface area contributed by atoms with E-state index in [4.69, 9.17) is 38.9 Å². The lowest BCUT2D eigenvalue weighted by Crippen LogP contribution is -2.37. The molecule has 0 saturated heterocycles. The summed E-state index contributed by atoms with van der Waals surface area (Å²) in [7, 11) is 0. The predicted molar refractivity (Wildman–Crippen MR) is 144 cm³/mol. The Morgan fingerprint density at radius 2 is 1.25 bits per heavy atom. The van der Waals surface area contributed by atoms with Crippen LogP contribution in [0.15, 0.2) is 18.2 Å². The average molecular weight is 570 g/mol. The van der Waals surface area contributed by atoms with Gasteiger partial charge in [0.2, 0.25) is 0 Å². The molecule has 1 rings (SSSR count). The minimum Gasteiger partial charge on any atom is -0.458 e. The first-order valence-corrected chi connectivity index (χ1v) is 13.5. The van der Waals surface area contributed by atoms with E-state index in [0.717, 1.165) is 12.8 Å². The molecule has 0 aliphatic carbocycles. The van der Waals surface area contributed by atoms with Gasteiger partial charge in [-0.2, -0.15) is 0 Å². The van der Waals surface area contributed by atoms with Crippen molar-refractivity contribution in [2.24, 2.45) is 17.6 Å². The van der Waals surface area contributed by atoms with Gasteiger partial charge >= 0.3 is 24.4 Å². The second-order valence-electron chi connectivity index (χ2n) is 9.92. The van der Waals surface area contributed by atoms with Gasteiger partial charge < -0.3 is 38.9 Å². The van der Waals surface area contributed by atoms with E-state index in [-0.39, 0.29) is 55.7 Å². The van der Waals surface area contributed by atoms with Gasteiger partial charge in [-0.05, 0) is 56.7 Å². The van der Waals surface area contributed by atoms with Gasteiger partial charge in [-0.3, -0.25) is 4.79 Å². The fourth-order valence-corrected chi connectivity index (χ4v) is 2.81. The second kappa shape index (κ2) is 17.9. The Morgan fingerprint density at radius 1 is 0.725 bits per heavy atom. The van der Waals surface area contributed by atoms with Crippen LogP contribution < -0.4 is 15.2 Å². The smallest absolute Gasteiger partial charge is 0.458 e. The summed E-state index contributed by atoms with van der Waals surface area (Å²) in [6.45, 7) is 12.8. The SMILES string of the molecule is CCC(C)COC(=O)Oc1ccc(C[C@H](N)C(=O)O[C@@H](C)COC(=O)OC(C)C)cc1OC(=O)OCC(C)CC. The molecule has 0 bridgehead atoms. The van der Waals surface area contributed by atoms with Crippen LogP contribution in [0.3, 0.4) is 0 Å². The molecule has 1 aromatic rings. The van der Waals surface area contributed by atoms with Crippen molar-refractivity contribution in [1.82, 2.24) is 0 Å². The third-order valence-corrected chi connectivity index (χ3v) is 5.60. The van der Waals surface area contributed by atoms with Gasteiger partial charge in [-0.25, -0.2) is 14.4 Å². The molecule has 2 unspecified atom stereocenters. The van der Waals surface area contributed by atoms with Crippen LogP contribution in [0, 0.1) is 11.8 Å². The number of benzene rings is 1. The molecule has 4 atom stereocenters. The van der Waals surface area contributed by atoms with Crippen molar-refractivity contribution in [3.8, 4) is 11.5 Å². The fraction of sp³-hybridized carbons (Fsp3) is 0.643. The fourth-order valence-electron chi connectivity index (χ4n) is 2.81. The average Bonchev–Trinajstić information content (AvgIpc) is 2.90. The summed E-state index contributed by atoms with van der Waals surface area (Å²) in [4.78, 5) is 48.5. The van der Waals surface area contributed by atoms with Crippen LogP contribution in [0.5, 0.6) is 11.5 Å². The number of ether oxygens (including phenoxy) is 7. The third-order valence-electron chi connectivity index (χ3n) is 5.60. The van der Waals surface area contributed by atoms with Gasteiger partial charge in [-0.15, -0.1) is 0 Å². The van der Waals surface area contributed by atoms with Crippen LogP contribution in [0.4, 0.5) is 14.4 Å². The molecule has 2 N–H and O–H groups in total. The highest BCUT2D eigenvalue weighted by Crippen LogP contribution is 2.30. The topological polar surface area (TPSA) is 159 Å². The Labute approximate surface area is 235 Å². The molecule has 0 fully saturated rings. The minimum absolute atomic E-state index is 0.00117. The van der Waals surface area contributed by atoms with Crippen molar-refractivity contribution in [2.75, 3.05) is 19.8 Å². The Kier molecular flexibility index (Phi) is 15.5. The zero-order valence-electron chi connectivity index (χ0n) is 24.4. The molecule has 12 heteroatoms. The number of nitrogens with two attached hydrogens (primary N) is 1. The highest BCUT2D eigenvalue weighted by atomic mass is 16.7. The molecule has 1 aromatic carbocycles. The number of hydrogen-bond donors (Lipinski definition) is 1. The first-order chi connectivity index (χ1) is 18.8. The lowest BCUT2D eigenvalue weighted by atomic mass is 10.1. The Hall–Kier alpha value is -3.54. The molecule has 0 spiro atoms. The summed E-state index contributed by atoms with van der Waals surface area (Å²) >= 11 is 0. The van der Waals surface area contributed by atoms with E-state index in [1.54, 1.807) is 19.9 Å². The Morgan fingerprint density at radius 3 is 1.77 bits per heavy atom. The first-order valence-electron chi connectivity index (χ1n) is 13.5. The molecule has 0 amide bonds. The summed E-state index contributed by atoms with van der Waals surface area (Å²) in [5.41, 5.74) is 6.51. The van der Waals surface area contributed by atoms with E-state index in [9.17, 15) is 19.2 Å². The van der Waals surface area contributed by atoms with Crippen LogP contribution in [-0.4, -0.2) is 62.5 Å². The lowest BCUT2D eigenvalue weighted by Gasteiger charge is -2.18. The van der Waals surface area contributed by atoms with E-state index in [0.29, 0.717) is 5.56 Å². The molecule has 0 heterocycles. The molecule has 40 heavy (non-hydrogen) atoms. The highest BCUT2D eigenvalue weighted by molar-refractivity contribution is 5.76. The molecule has 0 saturated carbocycles. The summed E-state index contributed by atoms with van der Waals surface area (Å²) in [6.07, 6.45) is -2.31. The van der Waals surface area contributed by atoms with E-state index in [1.807, 2.05) is 27.7 Å². The Bertz CT molecular complexity index is 966. The van der Waals surface area contributed by atoms with Gasteiger partial charge in [0.15, 0.2) is 11.5 Å². The van der Waals surface area contributed by atoms with Crippen LogP contribution >= 0.6 is 0 Å². The molecule has 0 aromatic heterocycles. The van der Waals surface area contributed by atoms with E-state index < -0.39 is 36.6 Å². The third kappa shape index (κ3) is 14.0. The maximum Gasteiger partial charge on any atom is 0.513 e. The monoisotopic (exact) mass is 569 g/mol. The molecule has 226 valence electrons. The Balaban J connectivity index is 2.89. The van der Waals surface area contributed by atoms with Crippen LogP contribution in [-0.2, 0) is 34.9 Å². The van der Waals surface area contributed by atoms with Crippen molar-refractivity contribution in [2.45, 2.75) is 86.0 Å². The van der Waals surface area contributed by atoms with Gasteiger partial charge in [0.1, 0.15) is 18.8 Å². The maximum atomic E-state index is 12.5. The number of rotatable bonds is 15. The second-order valence-corrected chi connectivity index (χ2v) is 9.92. The van der Waals surface area contributed by atoms with Crippen molar-refractivity contribution in [1.29, 1.82) is 0 Å². The summed E-state index contributed by atoms with van der Waals surface area (Å²) < 4.78 is 35.8. The summed E-state index contributed by atoms with van der Waals surface area (Å²) in [6, 6.07) is 3.26. The van der Waals surface area contributed by atoms with E-state index >= 15 is 0 Å². The highest BCUT2D eigenvalue weighted by Gasteiger charge is 2.22. The van der Waals surface area contributed by atoms with Crippen molar-refractivity contribution in [3.63, 3.8) is 0 Å². The van der Waals surface area contributed by atoms with Crippen LogP contribution in [0.2, 0.25) is 0 Å². The van der Waals surface area contributed by atoms with Crippen molar-refractivity contribution >= 4 is 24.4 Å². The molecule has 0 radical (unpaired) electrons. The van der Waals surface area contributed by atoms with Crippen LogP contribution in [0.25, 0.3) is 0 Å².